The van der Waals surface area contributed by atoms with E-state index < -0.39 is 6.10 Å². The summed E-state index contributed by atoms with van der Waals surface area (Å²) < 4.78 is 21.8. The van der Waals surface area contributed by atoms with Crippen LogP contribution in [0.15, 0.2) is 67.0 Å². The number of aryl methyl sites for hydroxylation is 4. The van der Waals surface area contributed by atoms with Crippen LogP contribution in [0.25, 0.3) is 16.6 Å². The summed E-state index contributed by atoms with van der Waals surface area (Å²) in [5.74, 6) is 0.145. The van der Waals surface area contributed by atoms with E-state index >= 15 is 0 Å². The van der Waals surface area contributed by atoms with Gasteiger partial charge in [0, 0.05) is 16.5 Å². The van der Waals surface area contributed by atoms with Crippen molar-refractivity contribution in [1.82, 2.24) is 20.1 Å². The van der Waals surface area contributed by atoms with Gasteiger partial charge in [0.2, 0.25) is 0 Å². The zero-order chi connectivity index (χ0) is 27.0. The Kier molecular flexibility index (Phi) is 6.99. The third-order valence-electron chi connectivity index (χ3n) is 6.69. The fraction of sp³-hybridized carbons (Fsp3) is 0.233. The summed E-state index contributed by atoms with van der Waals surface area (Å²) >= 11 is 1.37. The van der Waals surface area contributed by atoms with E-state index in [9.17, 15) is 9.18 Å². The van der Waals surface area contributed by atoms with Crippen molar-refractivity contribution in [2.45, 2.75) is 46.8 Å². The zero-order valence-electron chi connectivity index (χ0n) is 21.9. The summed E-state index contributed by atoms with van der Waals surface area (Å²) in [5, 5.41) is 8.91. The van der Waals surface area contributed by atoms with E-state index in [1.807, 2.05) is 32.0 Å². The lowest BCUT2D eigenvalue weighted by atomic mass is 9.94. The molecule has 38 heavy (non-hydrogen) atoms. The quantitative estimate of drug-likeness (QED) is 0.252. The second kappa shape index (κ2) is 10.4. The van der Waals surface area contributed by atoms with Crippen molar-refractivity contribution in [2.24, 2.45) is 0 Å². The van der Waals surface area contributed by atoms with E-state index in [4.69, 9.17) is 4.74 Å². The highest BCUT2D eigenvalue weighted by molar-refractivity contribution is 7.13. The fourth-order valence-electron chi connectivity index (χ4n) is 4.55. The molecule has 1 amide bonds. The van der Waals surface area contributed by atoms with Gasteiger partial charge in [-0.2, -0.15) is 5.10 Å². The predicted octanol–water partition coefficient (Wildman–Crippen LogP) is 6.79. The molecule has 0 saturated carbocycles. The van der Waals surface area contributed by atoms with E-state index in [-0.39, 0.29) is 17.8 Å². The Morgan fingerprint density at radius 3 is 2.42 bits per heavy atom. The molecule has 0 spiro atoms. The third kappa shape index (κ3) is 5.17. The molecule has 194 valence electrons. The summed E-state index contributed by atoms with van der Waals surface area (Å²) in [6.45, 7) is 10.1. The second-order valence-corrected chi connectivity index (χ2v) is 10.9. The molecule has 0 fully saturated rings. The number of thiazole rings is 1. The average Bonchev–Trinajstić information content (AvgIpc) is 3.51. The molecule has 0 aliphatic rings. The van der Waals surface area contributed by atoms with Crippen LogP contribution in [0, 0.1) is 33.5 Å². The number of halogens is 1. The SMILES string of the molecule is Cc1cnc(C(=O)NC(C)C(Oc2ccc3c(cnn3-c3ccc(F)cc3)c2)c2cc(C)c(C)cc2C)s1. The molecule has 1 N–H and O–H groups in total. The Bertz CT molecular complexity index is 1620. The van der Waals surface area contributed by atoms with Crippen molar-refractivity contribution < 1.29 is 13.9 Å². The van der Waals surface area contributed by atoms with Crippen LogP contribution < -0.4 is 10.1 Å². The van der Waals surface area contributed by atoms with Crippen molar-refractivity contribution in [2.75, 3.05) is 0 Å². The van der Waals surface area contributed by atoms with Gasteiger partial charge in [-0.15, -0.1) is 11.3 Å². The Labute approximate surface area is 225 Å². The summed E-state index contributed by atoms with van der Waals surface area (Å²) in [5.41, 5.74) is 6.11. The molecule has 6 nitrogen and oxygen atoms in total. The van der Waals surface area contributed by atoms with Crippen LogP contribution >= 0.6 is 11.3 Å². The largest absolute Gasteiger partial charge is 0.484 e. The van der Waals surface area contributed by atoms with Crippen LogP contribution in [0.5, 0.6) is 5.75 Å². The zero-order valence-corrected chi connectivity index (χ0v) is 22.8. The number of hydrogen-bond donors (Lipinski definition) is 1. The standard InChI is InChI=1S/C30H29FN4O2S/c1-17-12-19(3)26(13-18(17)2)28(21(5)34-29(36)30-32-15-20(4)38-30)37-25-10-11-27-22(14-25)16-33-35(27)24-8-6-23(31)7-9-24/h6-16,21,28H,1-5H3,(H,34,36). The molecule has 3 aromatic carbocycles. The Morgan fingerprint density at radius 1 is 0.974 bits per heavy atom. The van der Waals surface area contributed by atoms with Gasteiger partial charge in [0.05, 0.1) is 23.4 Å². The van der Waals surface area contributed by atoms with Crippen molar-refractivity contribution >= 4 is 28.1 Å². The first kappa shape index (κ1) is 25.6. The van der Waals surface area contributed by atoms with Gasteiger partial charge in [0.25, 0.3) is 5.91 Å². The number of carbonyl (C=O) groups excluding carboxylic acids is 1. The first-order valence-corrected chi connectivity index (χ1v) is 13.2. The molecule has 2 unspecified atom stereocenters. The highest BCUT2D eigenvalue weighted by Crippen LogP contribution is 2.32. The first-order valence-electron chi connectivity index (χ1n) is 12.4. The minimum atomic E-state index is -0.441. The molecule has 2 heterocycles. The molecule has 0 saturated heterocycles. The van der Waals surface area contributed by atoms with Gasteiger partial charge in [-0.05, 0) is 99.3 Å². The van der Waals surface area contributed by atoms with Crippen LogP contribution in [0.3, 0.4) is 0 Å². The van der Waals surface area contributed by atoms with Gasteiger partial charge in [0.1, 0.15) is 17.7 Å². The summed E-state index contributed by atoms with van der Waals surface area (Å²) in [4.78, 5) is 18.2. The van der Waals surface area contributed by atoms with Crippen LogP contribution in [0.4, 0.5) is 4.39 Å². The molecule has 2 atom stereocenters. The minimum absolute atomic E-state index is 0.221. The van der Waals surface area contributed by atoms with E-state index in [1.165, 1.54) is 29.0 Å². The van der Waals surface area contributed by atoms with Crippen LogP contribution in [0.2, 0.25) is 0 Å². The maximum Gasteiger partial charge on any atom is 0.280 e. The van der Waals surface area contributed by atoms with E-state index in [2.05, 4.69) is 48.3 Å². The number of nitrogens with one attached hydrogen (secondary N) is 1. The van der Waals surface area contributed by atoms with E-state index in [0.717, 1.165) is 38.2 Å². The predicted molar refractivity (Wildman–Crippen MR) is 149 cm³/mol. The van der Waals surface area contributed by atoms with Crippen LogP contribution in [-0.4, -0.2) is 26.7 Å². The summed E-state index contributed by atoms with van der Waals surface area (Å²) in [6, 6.07) is 15.9. The van der Waals surface area contributed by atoms with Crippen LogP contribution in [-0.2, 0) is 0 Å². The van der Waals surface area contributed by atoms with Gasteiger partial charge < -0.3 is 10.1 Å². The smallest absolute Gasteiger partial charge is 0.280 e. The molecule has 8 heteroatoms. The number of aromatic nitrogens is 3. The number of carbonyl (C=O) groups is 1. The minimum Gasteiger partial charge on any atom is -0.484 e. The molecular formula is C30H29FN4O2S. The molecule has 0 aliphatic heterocycles. The molecule has 2 aromatic heterocycles. The summed E-state index contributed by atoms with van der Waals surface area (Å²) in [7, 11) is 0. The monoisotopic (exact) mass is 528 g/mol. The Balaban J connectivity index is 1.47. The van der Waals surface area contributed by atoms with E-state index in [1.54, 1.807) is 29.2 Å². The molecule has 0 radical (unpaired) electrons. The third-order valence-corrected chi connectivity index (χ3v) is 7.60. The van der Waals surface area contributed by atoms with E-state index in [0.29, 0.717) is 10.8 Å². The number of nitrogens with zero attached hydrogens (tertiary/aromatic N) is 3. The molecule has 0 bridgehead atoms. The second-order valence-electron chi connectivity index (χ2n) is 9.62. The molecule has 5 aromatic rings. The van der Waals surface area contributed by atoms with Gasteiger partial charge in [0.15, 0.2) is 5.01 Å². The highest BCUT2D eigenvalue weighted by atomic mass is 32.1. The van der Waals surface area contributed by atoms with Gasteiger partial charge in [-0.25, -0.2) is 14.1 Å². The Morgan fingerprint density at radius 2 is 1.71 bits per heavy atom. The lowest BCUT2D eigenvalue weighted by molar-refractivity contribution is 0.0881. The number of rotatable bonds is 7. The van der Waals surface area contributed by atoms with Gasteiger partial charge in [-0.3, -0.25) is 4.79 Å². The maximum atomic E-state index is 13.4. The number of hydrogen-bond acceptors (Lipinski definition) is 5. The number of amides is 1. The van der Waals surface area contributed by atoms with Crippen molar-refractivity contribution in [3.63, 3.8) is 0 Å². The van der Waals surface area contributed by atoms with Crippen molar-refractivity contribution in [3.05, 3.63) is 105 Å². The fourth-order valence-corrected chi connectivity index (χ4v) is 5.21. The normalized spacial score (nSPS) is 12.9. The van der Waals surface area contributed by atoms with Gasteiger partial charge >= 0.3 is 0 Å². The molecular weight excluding hydrogens is 499 g/mol. The first-order chi connectivity index (χ1) is 18.2. The maximum absolute atomic E-state index is 13.4. The van der Waals surface area contributed by atoms with Crippen LogP contribution in [0.1, 0.15) is 50.0 Å². The average molecular weight is 529 g/mol. The molecule has 0 aliphatic carbocycles. The lowest BCUT2D eigenvalue weighted by Crippen LogP contribution is -2.39. The van der Waals surface area contributed by atoms with Gasteiger partial charge in [-0.1, -0.05) is 12.1 Å². The topological polar surface area (TPSA) is 69.0 Å². The Hall–Kier alpha value is -4.04. The van der Waals surface area contributed by atoms with Crippen molar-refractivity contribution in [3.8, 4) is 11.4 Å². The number of benzene rings is 3. The number of fused-ring (bicyclic) bond motifs is 1. The lowest BCUT2D eigenvalue weighted by Gasteiger charge is -2.28. The summed E-state index contributed by atoms with van der Waals surface area (Å²) in [6.07, 6.45) is 3.02. The number of ether oxygens (including phenoxy) is 1. The highest BCUT2D eigenvalue weighted by Gasteiger charge is 2.27. The molecule has 5 rings (SSSR count). The van der Waals surface area contributed by atoms with Crippen molar-refractivity contribution in [1.29, 1.82) is 0 Å².